The molecule has 1 aromatic carbocycles. The van der Waals surface area contributed by atoms with Crippen LogP contribution in [-0.4, -0.2) is 35.1 Å². The van der Waals surface area contributed by atoms with Gasteiger partial charge >= 0.3 is 0 Å². The van der Waals surface area contributed by atoms with Gasteiger partial charge in [-0.05, 0) is 25.0 Å². The zero-order valence-corrected chi connectivity index (χ0v) is 11.6. The third-order valence-electron chi connectivity index (χ3n) is 3.85. The highest BCUT2D eigenvalue weighted by molar-refractivity contribution is 5.94. The van der Waals surface area contributed by atoms with Gasteiger partial charge in [-0.25, -0.2) is 13.2 Å². The summed E-state index contributed by atoms with van der Waals surface area (Å²) in [6.45, 7) is -0.126. The number of benzene rings is 1. The van der Waals surface area contributed by atoms with E-state index in [-0.39, 0.29) is 24.8 Å². The van der Waals surface area contributed by atoms with Crippen LogP contribution < -0.4 is 0 Å². The van der Waals surface area contributed by atoms with Crippen LogP contribution >= 0.6 is 0 Å². The Bertz CT molecular complexity index is 493. The first kappa shape index (κ1) is 15.8. The van der Waals surface area contributed by atoms with Crippen LogP contribution in [0.4, 0.5) is 13.2 Å². The Morgan fingerprint density at radius 2 is 1.71 bits per heavy atom. The van der Waals surface area contributed by atoms with Crippen molar-refractivity contribution in [2.24, 2.45) is 0 Å². The summed E-state index contributed by atoms with van der Waals surface area (Å²) in [7, 11) is 0. The van der Waals surface area contributed by atoms with E-state index >= 15 is 0 Å². The van der Waals surface area contributed by atoms with E-state index < -0.39 is 23.4 Å². The molecular weight excluding hydrogens is 283 g/mol. The molecule has 1 saturated carbocycles. The molecule has 1 aliphatic carbocycles. The smallest absolute Gasteiger partial charge is 0.254 e. The van der Waals surface area contributed by atoms with Gasteiger partial charge < -0.3 is 10.0 Å². The van der Waals surface area contributed by atoms with Gasteiger partial charge in [-0.3, -0.25) is 4.79 Å². The van der Waals surface area contributed by atoms with E-state index in [2.05, 4.69) is 0 Å². The molecule has 116 valence electrons. The van der Waals surface area contributed by atoms with Crippen LogP contribution in [0.25, 0.3) is 0 Å². The Hall–Kier alpha value is -1.56. The van der Waals surface area contributed by atoms with Crippen molar-refractivity contribution in [2.75, 3.05) is 13.2 Å². The molecule has 0 unspecified atom stereocenters. The van der Waals surface area contributed by atoms with Crippen molar-refractivity contribution in [1.29, 1.82) is 0 Å². The molecule has 1 amide bonds. The lowest BCUT2D eigenvalue weighted by molar-refractivity contribution is 0.0584. The van der Waals surface area contributed by atoms with Gasteiger partial charge in [0.25, 0.3) is 5.91 Å². The second-order valence-electron chi connectivity index (χ2n) is 5.27. The van der Waals surface area contributed by atoms with Crippen molar-refractivity contribution >= 4 is 5.91 Å². The molecule has 0 saturated heterocycles. The molecule has 6 heteroatoms. The monoisotopic (exact) mass is 301 g/mol. The second kappa shape index (κ2) is 6.93. The molecular formula is C15H18F3NO2. The van der Waals surface area contributed by atoms with Crippen LogP contribution in [0.1, 0.15) is 42.5 Å². The SMILES string of the molecule is O=C(c1cc(F)c(F)c(F)c1)N(CCO)C1CCCCC1. The Morgan fingerprint density at radius 3 is 2.24 bits per heavy atom. The quantitative estimate of drug-likeness (QED) is 0.869. The average Bonchev–Trinajstić information content (AvgIpc) is 2.50. The van der Waals surface area contributed by atoms with Gasteiger partial charge in [0.05, 0.1) is 6.61 Å². The zero-order chi connectivity index (χ0) is 15.4. The summed E-state index contributed by atoms with van der Waals surface area (Å²) in [4.78, 5) is 13.8. The first-order valence-electron chi connectivity index (χ1n) is 7.11. The van der Waals surface area contributed by atoms with E-state index in [9.17, 15) is 18.0 Å². The molecule has 3 nitrogen and oxygen atoms in total. The number of carbonyl (C=O) groups excluding carboxylic acids is 1. The van der Waals surface area contributed by atoms with Gasteiger partial charge in [-0.2, -0.15) is 0 Å². The maximum Gasteiger partial charge on any atom is 0.254 e. The van der Waals surface area contributed by atoms with E-state index in [0.29, 0.717) is 12.1 Å². The van der Waals surface area contributed by atoms with Crippen LogP contribution in [0.5, 0.6) is 0 Å². The summed E-state index contributed by atoms with van der Waals surface area (Å²) in [5.74, 6) is -4.93. The first-order valence-corrected chi connectivity index (χ1v) is 7.11. The number of aliphatic hydroxyl groups excluding tert-OH is 1. The van der Waals surface area contributed by atoms with E-state index in [4.69, 9.17) is 5.11 Å². The highest BCUT2D eigenvalue weighted by Gasteiger charge is 2.27. The number of halogens is 3. The van der Waals surface area contributed by atoms with Gasteiger partial charge in [0, 0.05) is 18.2 Å². The zero-order valence-electron chi connectivity index (χ0n) is 11.6. The highest BCUT2D eigenvalue weighted by Crippen LogP contribution is 2.24. The van der Waals surface area contributed by atoms with Crippen LogP contribution in [0.2, 0.25) is 0 Å². The fourth-order valence-electron chi connectivity index (χ4n) is 2.80. The molecule has 1 aliphatic rings. The predicted octanol–water partition coefficient (Wildman–Crippen LogP) is 2.87. The number of nitrogens with zero attached hydrogens (tertiary/aromatic N) is 1. The number of carbonyl (C=O) groups is 1. The van der Waals surface area contributed by atoms with E-state index in [1.165, 1.54) is 4.90 Å². The lowest BCUT2D eigenvalue weighted by Crippen LogP contribution is -2.43. The van der Waals surface area contributed by atoms with Crippen molar-refractivity contribution in [2.45, 2.75) is 38.1 Å². The molecule has 0 spiro atoms. The Morgan fingerprint density at radius 1 is 1.14 bits per heavy atom. The number of aliphatic hydroxyl groups is 1. The normalized spacial score (nSPS) is 16.0. The fraction of sp³-hybridized carbons (Fsp3) is 0.533. The molecule has 1 N–H and O–H groups in total. The second-order valence-corrected chi connectivity index (χ2v) is 5.27. The Kier molecular flexibility index (Phi) is 5.22. The molecule has 0 radical (unpaired) electrons. The number of rotatable bonds is 4. The maximum atomic E-state index is 13.3. The van der Waals surface area contributed by atoms with Gasteiger partial charge in [-0.15, -0.1) is 0 Å². The maximum absolute atomic E-state index is 13.3. The average molecular weight is 301 g/mol. The van der Waals surface area contributed by atoms with Crippen LogP contribution in [0.3, 0.4) is 0 Å². The standard InChI is InChI=1S/C15H18F3NO2/c16-12-8-10(9-13(17)14(12)18)15(21)19(6-7-20)11-4-2-1-3-5-11/h8-9,11,20H,1-7H2. The Labute approximate surface area is 121 Å². The number of amides is 1. The number of hydrogen-bond donors (Lipinski definition) is 1. The Balaban J connectivity index is 2.25. The van der Waals surface area contributed by atoms with Crippen molar-refractivity contribution in [1.82, 2.24) is 4.90 Å². The summed E-state index contributed by atoms with van der Waals surface area (Å²) >= 11 is 0. The fourth-order valence-corrected chi connectivity index (χ4v) is 2.80. The lowest BCUT2D eigenvalue weighted by Gasteiger charge is -2.34. The van der Waals surface area contributed by atoms with Gasteiger partial charge in [0.1, 0.15) is 0 Å². The minimum absolute atomic E-state index is 0.0467. The third-order valence-corrected chi connectivity index (χ3v) is 3.85. The summed E-state index contributed by atoms with van der Waals surface area (Å²) in [6.07, 6.45) is 4.66. The van der Waals surface area contributed by atoms with Crippen LogP contribution in [-0.2, 0) is 0 Å². The minimum Gasteiger partial charge on any atom is -0.395 e. The molecule has 2 rings (SSSR count). The van der Waals surface area contributed by atoms with E-state index in [0.717, 1.165) is 32.1 Å². The van der Waals surface area contributed by atoms with Gasteiger partial charge in [0.15, 0.2) is 17.5 Å². The topological polar surface area (TPSA) is 40.5 Å². The lowest BCUT2D eigenvalue weighted by atomic mass is 9.93. The molecule has 0 atom stereocenters. The number of hydrogen-bond acceptors (Lipinski definition) is 2. The molecule has 0 bridgehead atoms. The molecule has 0 heterocycles. The highest BCUT2D eigenvalue weighted by atomic mass is 19.2. The largest absolute Gasteiger partial charge is 0.395 e. The van der Waals surface area contributed by atoms with Crippen molar-refractivity contribution < 1.29 is 23.1 Å². The third kappa shape index (κ3) is 3.56. The van der Waals surface area contributed by atoms with Crippen LogP contribution in [0, 0.1) is 17.5 Å². The van der Waals surface area contributed by atoms with Crippen molar-refractivity contribution in [3.63, 3.8) is 0 Å². The molecule has 0 aromatic heterocycles. The molecule has 21 heavy (non-hydrogen) atoms. The molecule has 1 fully saturated rings. The molecule has 0 aliphatic heterocycles. The minimum atomic E-state index is -1.59. The van der Waals surface area contributed by atoms with Crippen LogP contribution in [0.15, 0.2) is 12.1 Å². The van der Waals surface area contributed by atoms with Crippen molar-refractivity contribution in [3.8, 4) is 0 Å². The summed E-state index contributed by atoms with van der Waals surface area (Å²) in [6, 6.07) is 1.36. The summed E-state index contributed by atoms with van der Waals surface area (Å²) in [5.41, 5.74) is -0.231. The van der Waals surface area contributed by atoms with Crippen molar-refractivity contribution in [3.05, 3.63) is 35.1 Å². The first-order chi connectivity index (χ1) is 10.0. The van der Waals surface area contributed by atoms with E-state index in [1.807, 2.05) is 0 Å². The van der Waals surface area contributed by atoms with Gasteiger partial charge in [0.2, 0.25) is 0 Å². The van der Waals surface area contributed by atoms with E-state index in [1.54, 1.807) is 0 Å². The van der Waals surface area contributed by atoms with Gasteiger partial charge in [-0.1, -0.05) is 19.3 Å². The summed E-state index contributed by atoms with van der Waals surface area (Å²) < 4.78 is 39.5. The summed E-state index contributed by atoms with van der Waals surface area (Å²) in [5, 5.41) is 9.11. The predicted molar refractivity (Wildman–Crippen MR) is 71.3 cm³/mol. The molecule has 1 aromatic rings.